The van der Waals surface area contributed by atoms with Crippen LogP contribution in [-0.4, -0.2) is 22.1 Å². The van der Waals surface area contributed by atoms with Gasteiger partial charge in [0.15, 0.2) is 5.88 Å². The molecule has 0 saturated carbocycles. The van der Waals surface area contributed by atoms with Crippen LogP contribution in [0.25, 0.3) is 10.9 Å². The summed E-state index contributed by atoms with van der Waals surface area (Å²) in [5.41, 5.74) is 3.91. The number of fused-ring (bicyclic) bond motifs is 1. The molecule has 5 heteroatoms. The van der Waals surface area contributed by atoms with Crippen LogP contribution in [0.5, 0.6) is 5.88 Å². The number of aliphatic imine (C=N–C) groups is 1. The van der Waals surface area contributed by atoms with E-state index in [1.165, 1.54) is 4.90 Å². The van der Waals surface area contributed by atoms with Gasteiger partial charge in [-0.15, -0.1) is 11.8 Å². The second-order valence-electron chi connectivity index (χ2n) is 6.06. The lowest BCUT2D eigenvalue weighted by atomic mass is 10.0. The van der Waals surface area contributed by atoms with Crippen LogP contribution in [0.2, 0.25) is 5.02 Å². The number of H-pyrrole nitrogens is 1. The van der Waals surface area contributed by atoms with Gasteiger partial charge in [0.2, 0.25) is 0 Å². The molecule has 0 saturated heterocycles. The van der Waals surface area contributed by atoms with Crippen LogP contribution in [0.3, 0.4) is 0 Å². The van der Waals surface area contributed by atoms with Crippen LogP contribution >= 0.6 is 23.4 Å². The van der Waals surface area contributed by atoms with E-state index in [4.69, 9.17) is 16.6 Å². The zero-order valence-electron chi connectivity index (χ0n) is 14.6. The van der Waals surface area contributed by atoms with Gasteiger partial charge in [-0.3, -0.25) is 0 Å². The lowest BCUT2D eigenvalue weighted by Crippen LogP contribution is -2.02. The van der Waals surface area contributed by atoms with E-state index >= 15 is 0 Å². The Bertz CT molecular complexity index is 1120. The molecule has 0 unspecified atom stereocenters. The molecule has 1 heterocycles. The number of nitrogens with one attached hydrogen (secondary N) is 1. The first-order valence-corrected chi connectivity index (χ1v) is 10.0. The Kier molecular flexibility index (Phi) is 4.92. The second kappa shape index (κ2) is 7.51. The van der Waals surface area contributed by atoms with Crippen molar-refractivity contribution in [1.82, 2.24) is 4.98 Å². The Hall–Kier alpha value is -2.69. The predicted octanol–water partition coefficient (Wildman–Crippen LogP) is 6.42. The van der Waals surface area contributed by atoms with Crippen molar-refractivity contribution in [3.8, 4) is 5.88 Å². The van der Waals surface area contributed by atoms with Gasteiger partial charge in [0.25, 0.3) is 0 Å². The Morgan fingerprint density at radius 3 is 2.44 bits per heavy atom. The van der Waals surface area contributed by atoms with Crippen molar-refractivity contribution in [2.75, 3.05) is 6.26 Å². The summed E-state index contributed by atoms with van der Waals surface area (Å²) in [5, 5.41) is 12.1. The molecule has 0 atom stereocenters. The molecular weight excluding hydrogens is 376 g/mol. The van der Waals surface area contributed by atoms with Gasteiger partial charge in [-0.05, 0) is 42.7 Å². The van der Waals surface area contributed by atoms with Gasteiger partial charge < -0.3 is 10.1 Å². The highest BCUT2D eigenvalue weighted by Crippen LogP contribution is 2.33. The SMILES string of the molecule is CSc1ccc(N=C(c2ccccc2)c2c(O)[nH]c3cc(Cl)ccc23)cc1. The normalized spacial score (nSPS) is 11.9. The predicted molar refractivity (Wildman–Crippen MR) is 115 cm³/mol. The lowest BCUT2D eigenvalue weighted by molar-refractivity contribution is 0.457. The zero-order valence-corrected chi connectivity index (χ0v) is 16.2. The molecule has 2 N–H and O–H groups in total. The second-order valence-corrected chi connectivity index (χ2v) is 7.38. The molecule has 0 bridgehead atoms. The van der Waals surface area contributed by atoms with Crippen LogP contribution in [0.1, 0.15) is 11.1 Å². The summed E-state index contributed by atoms with van der Waals surface area (Å²) in [5.74, 6) is 0.0793. The maximum absolute atomic E-state index is 10.6. The number of aromatic hydroxyl groups is 1. The number of halogens is 1. The highest BCUT2D eigenvalue weighted by Gasteiger charge is 2.18. The van der Waals surface area contributed by atoms with Gasteiger partial charge in [-0.25, -0.2) is 4.99 Å². The average Bonchev–Trinajstić information content (AvgIpc) is 3.02. The van der Waals surface area contributed by atoms with E-state index in [9.17, 15) is 5.11 Å². The van der Waals surface area contributed by atoms with Gasteiger partial charge in [0.1, 0.15) is 0 Å². The summed E-state index contributed by atoms with van der Waals surface area (Å²) < 4.78 is 0. The van der Waals surface area contributed by atoms with Crippen molar-refractivity contribution < 1.29 is 5.11 Å². The van der Waals surface area contributed by atoms with Crippen molar-refractivity contribution in [2.45, 2.75) is 4.90 Å². The molecule has 134 valence electrons. The summed E-state index contributed by atoms with van der Waals surface area (Å²) in [6.07, 6.45) is 2.04. The third kappa shape index (κ3) is 3.59. The number of hydrogen-bond acceptors (Lipinski definition) is 3. The van der Waals surface area contributed by atoms with Crippen LogP contribution in [0, 0.1) is 0 Å². The summed E-state index contributed by atoms with van der Waals surface area (Å²) in [7, 11) is 0. The summed E-state index contributed by atoms with van der Waals surface area (Å²) in [4.78, 5) is 9.06. The van der Waals surface area contributed by atoms with Crippen molar-refractivity contribution in [1.29, 1.82) is 0 Å². The monoisotopic (exact) mass is 392 g/mol. The molecule has 0 aliphatic heterocycles. The minimum absolute atomic E-state index is 0.0793. The molecule has 27 heavy (non-hydrogen) atoms. The molecule has 4 aromatic rings. The Morgan fingerprint density at radius 2 is 1.74 bits per heavy atom. The Morgan fingerprint density at radius 1 is 1.00 bits per heavy atom. The van der Waals surface area contributed by atoms with Gasteiger partial charge in [-0.1, -0.05) is 48.0 Å². The first-order chi connectivity index (χ1) is 13.2. The van der Waals surface area contributed by atoms with E-state index in [1.54, 1.807) is 17.8 Å². The molecule has 4 rings (SSSR count). The van der Waals surface area contributed by atoms with E-state index in [-0.39, 0.29) is 5.88 Å². The minimum Gasteiger partial charge on any atom is -0.494 e. The number of benzene rings is 3. The fraction of sp³-hybridized carbons (Fsp3) is 0.0455. The number of nitrogens with zero attached hydrogens (tertiary/aromatic N) is 1. The molecule has 0 aliphatic rings. The maximum Gasteiger partial charge on any atom is 0.199 e. The number of hydrogen-bond donors (Lipinski definition) is 2. The molecule has 0 aliphatic carbocycles. The number of rotatable bonds is 4. The standard InChI is InChI=1S/C22H17ClN2OS/c1-27-17-10-8-16(9-11-17)24-21(14-5-3-2-4-6-14)20-18-12-7-15(23)13-19(18)25-22(20)26/h2-13,25-26H,1H3. The minimum atomic E-state index is 0.0793. The van der Waals surface area contributed by atoms with E-state index in [0.717, 1.165) is 22.2 Å². The molecule has 0 amide bonds. The number of thioether (sulfide) groups is 1. The molecule has 3 nitrogen and oxygen atoms in total. The van der Waals surface area contributed by atoms with Crippen LogP contribution < -0.4 is 0 Å². The van der Waals surface area contributed by atoms with E-state index in [0.29, 0.717) is 16.3 Å². The fourth-order valence-corrected chi connectivity index (χ4v) is 3.62. The quantitative estimate of drug-likeness (QED) is 0.311. The maximum atomic E-state index is 10.6. The molecule has 0 fully saturated rings. The van der Waals surface area contributed by atoms with Crippen LogP contribution in [-0.2, 0) is 0 Å². The van der Waals surface area contributed by atoms with Crippen molar-refractivity contribution in [3.05, 3.63) is 88.9 Å². The van der Waals surface area contributed by atoms with E-state index in [2.05, 4.69) is 4.98 Å². The molecule has 0 spiro atoms. The fourth-order valence-electron chi connectivity index (χ4n) is 3.04. The molecule has 0 radical (unpaired) electrons. The number of aromatic amines is 1. The highest BCUT2D eigenvalue weighted by atomic mass is 35.5. The van der Waals surface area contributed by atoms with Gasteiger partial charge in [-0.2, -0.15) is 0 Å². The van der Waals surface area contributed by atoms with Crippen molar-refractivity contribution >= 4 is 45.7 Å². The van der Waals surface area contributed by atoms with Gasteiger partial charge in [0, 0.05) is 20.9 Å². The highest BCUT2D eigenvalue weighted by molar-refractivity contribution is 7.98. The van der Waals surface area contributed by atoms with Crippen molar-refractivity contribution in [3.63, 3.8) is 0 Å². The van der Waals surface area contributed by atoms with Gasteiger partial charge in [0.05, 0.1) is 22.5 Å². The van der Waals surface area contributed by atoms with E-state index < -0.39 is 0 Å². The summed E-state index contributed by atoms with van der Waals surface area (Å²) in [6.45, 7) is 0. The summed E-state index contributed by atoms with van der Waals surface area (Å²) in [6, 6.07) is 23.4. The number of aromatic nitrogens is 1. The van der Waals surface area contributed by atoms with Crippen molar-refractivity contribution in [2.24, 2.45) is 4.99 Å². The third-order valence-corrected chi connectivity index (χ3v) is 5.32. The first kappa shape index (κ1) is 17.7. The van der Waals surface area contributed by atoms with Crippen LogP contribution in [0.15, 0.2) is 82.7 Å². The Balaban J connectivity index is 1.94. The third-order valence-electron chi connectivity index (χ3n) is 4.34. The first-order valence-electron chi connectivity index (χ1n) is 8.44. The zero-order chi connectivity index (χ0) is 18.8. The van der Waals surface area contributed by atoms with Gasteiger partial charge >= 0.3 is 0 Å². The Labute approximate surface area is 166 Å². The van der Waals surface area contributed by atoms with E-state index in [1.807, 2.05) is 73.0 Å². The molecule has 1 aromatic heterocycles. The smallest absolute Gasteiger partial charge is 0.199 e. The average molecular weight is 393 g/mol. The lowest BCUT2D eigenvalue weighted by Gasteiger charge is -2.08. The molecular formula is C22H17ClN2OS. The largest absolute Gasteiger partial charge is 0.494 e. The molecule has 3 aromatic carbocycles. The topological polar surface area (TPSA) is 48.4 Å². The summed E-state index contributed by atoms with van der Waals surface area (Å²) >= 11 is 7.79. The van der Waals surface area contributed by atoms with Crippen LogP contribution in [0.4, 0.5) is 5.69 Å².